The smallest absolute Gasteiger partial charge is 0.270 e. The first kappa shape index (κ1) is 22.7. The number of aromatic nitrogens is 1. The minimum absolute atomic E-state index is 0.0305. The number of hydrogen-bond acceptors (Lipinski definition) is 6. The molecule has 0 aliphatic carbocycles. The van der Waals surface area contributed by atoms with Gasteiger partial charge in [-0.15, -0.1) is 0 Å². The molecule has 0 atom stereocenters. The number of rotatable bonds is 6. The maximum Gasteiger partial charge on any atom is 0.270 e. The van der Waals surface area contributed by atoms with Crippen molar-refractivity contribution >= 4 is 39.6 Å². The predicted octanol–water partition coefficient (Wildman–Crippen LogP) is 4.78. The Bertz CT molecular complexity index is 1670. The van der Waals surface area contributed by atoms with E-state index in [1.54, 1.807) is 59.2 Å². The first-order valence-corrected chi connectivity index (χ1v) is 11.1. The van der Waals surface area contributed by atoms with Gasteiger partial charge in [0.05, 0.1) is 22.2 Å². The van der Waals surface area contributed by atoms with E-state index in [2.05, 4.69) is 10.5 Å². The second kappa shape index (κ2) is 9.30. The molecule has 5 aromatic rings. The molecule has 3 aromatic carbocycles. The number of nitrogens with one attached hydrogen (secondary N) is 1. The average Bonchev–Trinajstić information content (AvgIpc) is 3.35. The normalized spacial score (nSPS) is 11.4. The molecule has 1 amide bonds. The quantitative estimate of drug-likeness (QED) is 0.162. The third-order valence-corrected chi connectivity index (χ3v) is 5.89. The number of pyridine rings is 1. The minimum Gasteiger partial charge on any atom is -0.455 e. The summed E-state index contributed by atoms with van der Waals surface area (Å²) in [7, 11) is 0. The Morgan fingerprint density at radius 3 is 2.36 bits per heavy atom. The number of furan rings is 1. The van der Waals surface area contributed by atoms with Crippen molar-refractivity contribution in [2.24, 2.45) is 5.10 Å². The number of nitrogens with zero attached hydrogens (tertiary/aromatic N) is 3. The first-order valence-electron chi connectivity index (χ1n) is 11.1. The molecule has 0 unspecified atom stereocenters. The van der Waals surface area contributed by atoms with E-state index >= 15 is 0 Å². The van der Waals surface area contributed by atoms with Gasteiger partial charge >= 0.3 is 0 Å². The van der Waals surface area contributed by atoms with Crippen LogP contribution in [0.25, 0.3) is 33.1 Å². The summed E-state index contributed by atoms with van der Waals surface area (Å²) in [5, 5.41) is 16.2. The predicted molar refractivity (Wildman–Crippen MR) is 137 cm³/mol. The molecule has 5 rings (SSSR count). The molecule has 1 N–H and O–H groups in total. The molecule has 0 fully saturated rings. The van der Waals surface area contributed by atoms with E-state index in [0.717, 1.165) is 5.56 Å². The Morgan fingerprint density at radius 1 is 1.03 bits per heavy atom. The van der Waals surface area contributed by atoms with Crippen LogP contribution in [0.3, 0.4) is 0 Å². The zero-order valence-electron chi connectivity index (χ0n) is 19.2. The Morgan fingerprint density at radius 2 is 1.69 bits per heavy atom. The molecule has 0 aliphatic heterocycles. The van der Waals surface area contributed by atoms with Crippen LogP contribution >= 0.6 is 0 Å². The van der Waals surface area contributed by atoms with Gasteiger partial charge in [0.25, 0.3) is 11.6 Å². The summed E-state index contributed by atoms with van der Waals surface area (Å²) in [6.45, 7) is 1.79. The highest BCUT2D eigenvalue weighted by Gasteiger charge is 2.14. The zero-order chi connectivity index (χ0) is 25.2. The van der Waals surface area contributed by atoms with Crippen LogP contribution in [-0.4, -0.2) is 21.6 Å². The molecule has 178 valence electrons. The number of amides is 1. The lowest BCUT2D eigenvalue weighted by Crippen LogP contribution is -2.25. The van der Waals surface area contributed by atoms with Gasteiger partial charge in [0.1, 0.15) is 18.1 Å². The molecule has 0 aliphatic rings. The Labute approximate surface area is 204 Å². The summed E-state index contributed by atoms with van der Waals surface area (Å²) in [6, 6.07) is 22.2. The van der Waals surface area contributed by atoms with Gasteiger partial charge in [0.2, 0.25) is 0 Å². The van der Waals surface area contributed by atoms with E-state index in [9.17, 15) is 19.7 Å². The van der Waals surface area contributed by atoms with Gasteiger partial charge in [-0.25, -0.2) is 5.43 Å². The lowest BCUT2D eigenvalue weighted by molar-refractivity contribution is -0.384. The van der Waals surface area contributed by atoms with Crippen LogP contribution in [0.5, 0.6) is 0 Å². The maximum atomic E-state index is 12.9. The lowest BCUT2D eigenvalue weighted by atomic mass is 10.1. The molecular weight excluding hydrogens is 460 g/mol. The number of benzene rings is 3. The third kappa shape index (κ3) is 4.25. The number of hydrazone groups is 1. The number of non-ortho nitro benzene ring substituents is 1. The lowest BCUT2D eigenvalue weighted by Gasteiger charge is -2.14. The fraction of sp³-hybridized carbons (Fsp3) is 0.0741. The van der Waals surface area contributed by atoms with Gasteiger partial charge in [0.15, 0.2) is 5.43 Å². The second-order valence-corrected chi connectivity index (χ2v) is 8.20. The van der Waals surface area contributed by atoms with Gasteiger partial charge < -0.3 is 8.98 Å². The minimum atomic E-state index is -0.460. The summed E-state index contributed by atoms with van der Waals surface area (Å²) in [5.41, 5.74) is 5.12. The monoisotopic (exact) mass is 480 g/mol. The summed E-state index contributed by atoms with van der Waals surface area (Å²) >= 11 is 0. The van der Waals surface area contributed by atoms with Crippen molar-refractivity contribution in [1.82, 2.24) is 9.99 Å². The number of aryl methyl sites for hydroxylation is 1. The summed E-state index contributed by atoms with van der Waals surface area (Å²) in [5.74, 6) is 0.442. The number of para-hydroxylation sites is 2. The second-order valence-electron chi connectivity index (χ2n) is 8.20. The highest BCUT2D eigenvalue weighted by atomic mass is 16.6. The summed E-state index contributed by atoms with van der Waals surface area (Å²) < 4.78 is 7.54. The van der Waals surface area contributed by atoms with E-state index in [-0.39, 0.29) is 23.6 Å². The largest absolute Gasteiger partial charge is 0.455 e. The van der Waals surface area contributed by atoms with Crippen LogP contribution in [0.15, 0.2) is 93.2 Å². The van der Waals surface area contributed by atoms with Crippen molar-refractivity contribution in [3.05, 3.63) is 111 Å². The number of fused-ring (bicyclic) bond motifs is 2. The van der Waals surface area contributed by atoms with Gasteiger partial charge in [-0.05, 0) is 48.9 Å². The van der Waals surface area contributed by atoms with Crippen LogP contribution in [0.4, 0.5) is 5.69 Å². The van der Waals surface area contributed by atoms with E-state index in [1.165, 1.54) is 18.3 Å². The topological polar surface area (TPSA) is 120 Å². The van der Waals surface area contributed by atoms with Crippen molar-refractivity contribution in [2.75, 3.05) is 0 Å². The Balaban J connectivity index is 1.36. The van der Waals surface area contributed by atoms with Crippen LogP contribution in [0, 0.1) is 17.0 Å². The fourth-order valence-electron chi connectivity index (χ4n) is 4.15. The third-order valence-electron chi connectivity index (χ3n) is 5.89. The van der Waals surface area contributed by atoms with E-state index in [0.29, 0.717) is 38.9 Å². The molecule has 2 heterocycles. The Kier molecular flexibility index (Phi) is 5.87. The Hall–Kier alpha value is -5.05. The van der Waals surface area contributed by atoms with Crippen molar-refractivity contribution in [3.8, 4) is 11.3 Å². The molecule has 0 saturated carbocycles. The molecule has 0 spiro atoms. The SMILES string of the molecule is Cc1ccc([N+](=O)[O-])cc1-c1ccc(C=NNC(=O)Cn2c3ccccc3c(=O)c3ccccc32)o1. The molecule has 9 heteroatoms. The summed E-state index contributed by atoms with van der Waals surface area (Å²) in [4.78, 5) is 36.2. The molecular formula is C27H20N4O5. The summed E-state index contributed by atoms with van der Waals surface area (Å²) in [6.07, 6.45) is 1.36. The molecule has 9 nitrogen and oxygen atoms in total. The number of nitro groups is 1. The van der Waals surface area contributed by atoms with Gasteiger partial charge in [-0.2, -0.15) is 5.10 Å². The van der Waals surface area contributed by atoms with E-state index < -0.39 is 4.92 Å². The molecule has 2 aromatic heterocycles. The number of carbonyl (C=O) groups is 1. The molecule has 0 saturated heterocycles. The molecule has 0 radical (unpaired) electrons. The van der Waals surface area contributed by atoms with Gasteiger partial charge in [0, 0.05) is 28.5 Å². The van der Waals surface area contributed by atoms with Crippen LogP contribution in [-0.2, 0) is 11.3 Å². The number of nitro benzene ring substituents is 1. The standard InChI is InChI=1S/C27H20N4O5/c1-17-10-11-18(31(34)35)14-22(17)25-13-12-19(36-25)15-28-29-26(32)16-30-23-8-4-2-6-20(23)27(33)21-7-3-5-9-24(21)30/h2-15H,16H2,1H3,(H,29,32). The van der Waals surface area contributed by atoms with Gasteiger partial charge in [-0.1, -0.05) is 30.3 Å². The van der Waals surface area contributed by atoms with Crippen LogP contribution in [0.2, 0.25) is 0 Å². The number of hydrogen-bond donors (Lipinski definition) is 1. The molecule has 36 heavy (non-hydrogen) atoms. The van der Waals surface area contributed by atoms with Crippen LogP contribution < -0.4 is 10.9 Å². The molecule has 0 bridgehead atoms. The first-order chi connectivity index (χ1) is 17.4. The van der Waals surface area contributed by atoms with Crippen molar-refractivity contribution < 1.29 is 14.1 Å². The number of carbonyl (C=O) groups excluding carboxylic acids is 1. The highest BCUT2D eigenvalue weighted by Crippen LogP contribution is 2.28. The zero-order valence-corrected chi connectivity index (χ0v) is 19.2. The van der Waals surface area contributed by atoms with Crippen molar-refractivity contribution in [1.29, 1.82) is 0 Å². The van der Waals surface area contributed by atoms with Gasteiger partial charge in [-0.3, -0.25) is 19.7 Å². The van der Waals surface area contributed by atoms with Crippen molar-refractivity contribution in [2.45, 2.75) is 13.5 Å². The van der Waals surface area contributed by atoms with Crippen molar-refractivity contribution in [3.63, 3.8) is 0 Å². The van der Waals surface area contributed by atoms with Crippen LogP contribution in [0.1, 0.15) is 11.3 Å². The van der Waals surface area contributed by atoms with E-state index in [1.807, 2.05) is 19.1 Å². The fourth-order valence-corrected chi connectivity index (χ4v) is 4.15. The average molecular weight is 480 g/mol. The highest BCUT2D eigenvalue weighted by molar-refractivity contribution is 5.95. The maximum absolute atomic E-state index is 12.9. The van der Waals surface area contributed by atoms with E-state index in [4.69, 9.17) is 4.42 Å².